The van der Waals surface area contributed by atoms with Crippen LogP contribution in [0.1, 0.15) is 27.2 Å². The Kier molecular flexibility index (Phi) is 6.11. The summed E-state index contributed by atoms with van der Waals surface area (Å²) < 4.78 is 11.8. The summed E-state index contributed by atoms with van der Waals surface area (Å²) in [6, 6.07) is 7.94. The average molecular weight is 441 g/mol. The molecule has 2 atom stereocenters. The van der Waals surface area contributed by atoms with Gasteiger partial charge >= 0.3 is 0 Å². The summed E-state index contributed by atoms with van der Waals surface area (Å²) in [6.45, 7) is 6.51. The number of ketones is 1. The lowest BCUT2D eigenvalue weighted by atomic mass is 10.1. The summed E-state index contributed by atoms with van der Waals surface area (Å²) in [6.07, 6.45) is 0.619. The molecule has 164 valence electrons. The fourth-order valence-electron chi connectivity index (χ4n) is 3.93. The van der Waals surface area contributed by atoms with Crippen molar-refractivity contribution >= 4 is 33.2 Å². The molecular weight excluding hydrogens is 412 g/mol. The molecule has 0 radical (unpaired) electrons. The number of nitrogens with zero attached hydrogens (tertiary/aromatic N) is 3. The van der Waals surface area contributed by atoms with E-state index in [4.69, 9.17) is 19.4 Å². The number of Topliss-reactive ketones (excluding diaryl/α,β-unsaturated/α-hetero) is 1. The Morgan fingerprint density at radius 2 is 2.06 bits per heavy atom. The maximum absolute atomic E-state index is 11.9. The number of likely N-dealkylation sites (N-methyl/N-ethyl adjacent to an activating group) is 1. The van der Waals surface area contributed by atoms with Gasteiger partial charge in [0.1, 0.15) is 29.1 Å². The smallest absolute Gasteiger partial charge is 0.183 e. The van der Waals surface area contributed by atoms with Gasteiger partial charge in [0.15, 0.2) is 5.13 Å². The molecule has 4 rings (SSSR count). The third-order valence-corrected chi connectivity index (χ3v) is 6.20. The number of rotatable bonds is 7. The van der Waals surface area contributed by atoms with Crippen LogP contribution in [0.15, 0.2) is 29.6 Å². The van der Waals surface area contributed by atoms with Crippen LogP contribution in [-0.2, 0) is 4.79 Å². The van der Waals surface area contributed by atoms with Crippen LogP contribution in [0.4, 0.5) is 5.13 Å². The van der Waals surface area contributed by atoms with Crippen LogP contribution in [-0.4, -0.2) is 59.5 Å². The van der Waals surface area contributed by atoms with E-state index in [1.54, 1.807) is 25.4 Å². The largest absolute Gasteiger partial charge is 0.497 e. The number of carbonyl (C=O) groups excluding carboxylic acids is 1. The molecule has 1 aliphatic heterocycles. The molecule has 1 N–H and O–H groups in total. The van der Waals surface area contributed by atoms with Crippen LogP contribution in [0.5, 0.6) is 11.5 Å². The summed E-state index contributed by atoms with van der Waals surface area (Å²) in [4.78, 5) is 23.5. The fraction of sp³-hybridized carbons (Fsp3) is 0.435. The lowest BCUT2D eigenvalue weighted by molar-refractivity contribution is -0.120. The molecule has 7 nitrogen and oxygen atoms in total. The van der Waals surface area contributed by atoms with Crippen molar-refractivity contribution in [1.29, 1.82) is 0 Å². The minimum absolute atomic E-state index is 0.0620. The lowest BCUT2D eigenvalue weighted by Gasteiger charge is -2.16. The van der Waals surface area contributed by atoms with Gasteiger partial charge in [-0.2, -0.15) is 0 Å². The number of methoxy groups -OCH3 is 1. The molecule has 2 unspecified atom stereocenters. The van der Waals surface area contributed by atoms with Gasteiger partial charge in [-0.3, -0.25) is 9.69 Å². The number of fused-ring (bicyclic) bond motifs is 1. The molecule has 2 aromatic heterocycles. The van der Waals surface area contributed by atoms with Crippen molar-refractivity contribution in [2.75, 3.05) is 26.0 Å². The van der Waals surface area contributed by atoms with E-state index >= 15 is 0 Å². The quantitative estimate of drug-likeness (QED) is 0.589. The van der Waals surface area contributed by atoms with Crippen molar-refractivity contribution in [3.8, 4) is 22.9 Å². The Bertz CT molecular complexity index is 1100. The summed E-state index contributed by atoms with van der Waals surface area (Å²) in [5.41, 5.74) is 2.33. The van der Waals surface area contributed by atoms with Gasteiger partial charge < -0.3 is 14.8 Å². The van der Waals surface area contributed by atoms with Crippen LogP contribution >= 0.6 is 11.3 Å². The summed E-state index contributed by atoms with van der Waals surface area (Å²) in [5, 5.41) is 7.11. The zero-order valence-corrected chi connectivity index (χ0v) is 19.3. The minimum atomic E-state index is -0.0964. The molecule has 8 heteroatoms. The molecule has 0 saturated carbocycles. The van der Waals surface area contributed by atoms with E-state index in [2.05, 4.69) is 24.1 Å². The molecule has 1 saturated heterocycles. The zero-order valence-electron chi connectivity index (χ0n) is 18.5. The number of aromatic nitrogens is 2. The molecule has 3 heterocycles. The predicted molar refractivity (Wildman–Crippen MR) is 124 cm³/mol. The topological polar surface area (TPSA) is 76.6 Å². The van der Waals surface area contributed by atoms with E-state index in [1.807, 2.05) is 36.7 Å². The van der Waals surface area contributed by atoms with E-state index in [1.165, 1.54) is 0 Å². The maximum Gasteiger partial charge on any atom is 0.183 e. The van der Waals surface area contributed by atoms with Crippen molar-refractivity contribution in [3.05, 3.63) is 29.6 Å². The molecule has 0 amide bonds. The van der Waals surface area contributed by atoms with Crippen molar-refractivity contribution in [2.24, 2.45) is 0 Å². The minimum Gasteiger partial charge on any atom is -0.497 e. The Hall–Kier alpha value is -2.71. The van der Waals surface area contributed by atoms with Gasteiger partial charge in [0.25, 0.3) is 0 Å². The van der Waals surface area contributed by atoms with E-state index in [0.29, 0.717) is 19.0 Å². The van der Waals surface area contributed by atoms with Gasteiger partial charge in [-0.15, -0.1) is 11.3 Å². The first-order valence-corrected chi connectivity index (χ1v) is 11.3. The molecule has 1 aliphatic rings. The maximum atomic E-state index is 11.9. The molecule has 0 bridgehead atoms. The molecule has 31 heavy (non-hydrogen) atoms. The second-order valence-corrected chi connectivity index (χ2v) is 9.13. The summed E-state index contributed by atoms with van der Waals surface area (Å²) >= 11 is 1.56. The van der Waals surface area contributed by atoms with Crippen LogP contribution in [0.25, 0.3) is 22.3 Å². The number of hydrogen-bond donors (Lipinski definition) is 1. The van der Waals surface area contributed by atoms with Crippen LogP contribution in [0.3, 0.4) is 0 Å². The van der Waals surface area contributed by atoms with E-state index in [-0.39, 0.29) is 17.9 Å². The Labute approximate surface area is 186 Å². The summed E-state index contributed by atoms with van der Waals surface area (Å²) in [7, 11) is 3.61. The highest BCUT2D eigenvalue weighted by Crippen LogP contribution is 2.35. The molecular formula is C23H28N4O3S. The Morgan fingerprint density at radius 3 is 2.74 bits per heavy atom. The molecule has 1 fully saturated rings. The second-order valence-electron chi connectivity index (χ2n) is 8.27. The number of anilines is 1. The van der Waals surface area contributed by atoms with Crippen LogP contribution in [0, 0.1) is 0 Å². The fourth-order valence-corrected chi connectivity index (χ4v) is 4.78. The number of pyridine rings is 1. The van der Waals surface area contributed by atoms with Gasteiger partial charge in [0, 0.05) is 41.9 Å². The van der Waals surface area contributed by atoms with Gasteiger partial charge in [-0.25, -0.2) is 9.97 Å². The van der Waals surface area contributed by atoms with Crippen molar-refractivity contribution in [2.45, 2.75) is 45.4 Å². The molecule has 1 aromatic carbocycles. The number of benzene rings is 1. The Balaban J connectivity index is 1.71. The lowest BCUT2D eigenvalue weighted by Crippen LogP contribution is -2.31. The van der Waals surface area contributed by atoms with Gasteiger partial charge in [-0.05, 0) is 40.0 Å². The molecule has 0 spiro atoms. The van der Waals surface area contributed by atoms with Crippen LogP contribution < -0.4 is 14.8 Å². The second kappa shape index (κ2) is 8.80. The third-order valence-electron chi connectivity index (χ3n) is 5.43. The van der Waals surface area contributed by atoms with Crippen molar-refractivity contribution in [3.63, 3.8) is 0 Å². The standard InChI is InChI=1S/C23H28N4O3S/c1-13(2)24-23-26-20(12-31-23)19-10-22(17-7-6-15(29-5)8-18(17)25-19)30-16-9-21(14(3)28)27(4)11-16/h6-8,10,12-13,16,21H,9,11H2,1-5H3,(H,24,26). The van der Waals surface area contributed by atoms with Crippen molar-refractivity contribution in [1.82, 2.24) is 14.9 Å². The first kappa shape index (κ1) is 21.5. The molecule has 3 aromatic rings. The first-order chi connectivity index (χ1) is 14.8. The van der Waals surface area contributed by atoms with E-state index in [9.17, 15) is 4.79 Å². The number of hydrogen-bond acceptors (Lipinski definition) is 8. The number of ether oxygens (including phenoxy) is 2. The van der Waals surface area contributed by atoms with Crippen LogP contribution in [0.2, 0.25) is 0 Å². The van der Waals surface area contributed by atoms with E-state index < -0.39 is 0 Å². The van der Waals surface area contributed by atoms with E-state index in [0.717, 1.165) is 38.9 Å². The van der Waals surface area contributed by atoms with Gasteiger partial charge in [0.05, 0.1) is 24.4 Å². The van der Waals surface area contributed by atoms with Gasteiger partial charge in [-0.1, -0.05) is 0 Å². The zero-order chi connectivity index (χ0) is 22.1. The monoisotopic (exact) mass is 440 g/mol. The number of carbonyl (C=O) groups is 1. The SMILES string of the molecule is COc1ccc2c(OC3CC(C(C)=O)N(C)C3)cc(-c3csc(NC(C)C)n3)nc2c1. The predicted octanol–water partition coefficient (Wildman–Crippen LogP) is 4.23. The highest BCUT2D eigenvalue weighted by atomic mass is 32.1. The highest BCUT2D eigenvalue weighted by Gasteiger charge is 2.34. The summed E-state index contributed by atoms with van der Waals surface area (Å²) in [5.74, 6) is 1.66. The number of likely N-dealkylation sites (tertiary alicyclic amines) is 1. The van der Waals surface area contributed by atoms with Gasteiger partial charge in [0.2, 0.25) is 0 Å². The molecule has 0 aliphatic carbocycles. The highest BCUT2D eigenvalue weighted by molar-refractivity contribution is 7.14. The Morgan fingerprint density at radius 1 is 1.26 bits per heavy atom. The third kappa shape index (κ3) is 4.65. The number of thiazole rings is 1. The average Bonchev–Trinajstić information content (AvgIpc) is 3.33. The number of nitrogens with one attached hydrogen (secondary N) is 1. The first-order valence-electron chi connectivity index (χ1n) is 10.4. The normalized spacial score (nSPS) is 19.2. The van der Waals surface area contributed by atoms with Crippen molar-refractivity contribution < 1.29 is 14.3 Å².